The van der Waals surface area contributed by atoms with E-state index >= 15 is 0 Å². The predicted octanol–water partition coefficient (Wildman–Crippen LogP) is -0.714. The zero-order valence-electron chi connectivity index (χ0n) is 12.0. The highest BCUT2D eigenvalue weighted by Gasteiger charge is 2.57. The van der Waals surface area contributed by atoms with Crippen molar-refractivity contribution >= 4 is 26.6 Å². The van der Waals surface area contributed by atoms with Gasteiger partial charge in [0.05, 0.1) is 12.7 Å². The van der Waals surface area contributed by atoms with E-state index in [4.69, 9.17) is 26.1 Å². The summed E-state index contributed by atoms with van der Waals surface area (Å²) < 4.78 is 23.5. The number of H-pyrrole nitrogens is 1. The van der Waals surface area contributed by atoms with Crippen molar-refractivity contribution in [3.63, 3.8) is 0 Å². The molecule has 4 rings (SSSR count). The Hall–Kier alpha value is -1.36. The zero-order chi connectivity index (χ0) is 16.2. The Morgan fingerprint density at radius 1 is 1.57 bits per heavy atom. The minimum atomic E-state index is -3.37. The molecule has 2 unspecified atom stereocenters. The molecule has 23 heavy (non-hydrogen) atoms. The normalized spacial score (nSPS) is 37.1. The largest absolute Gasteiger partial charge is 0.488 e. The van der Waals surface area contributed by atoms with Gasteiger partial charge in [0.2, 0.25) is 0 Å². The van der Waals surface area contributed by atoms with Gasteiger partial charge >= 0.3 is 15.4 Å². The molecule has 2 fully saturated rings. The minimum Gasteiger partial charge on any atom is -0.374 e. The van der Waals surface area contributed by atoms with Gasteiger partial charge in [-0.2, -0.15) is 9.05 Å². The Bertz CT molecular complexity index is 796. The van der Waals surface area contributed by atoms with Gasteiger partial charge in [-0.15, -0.1) is 0 Å². The van der Waals surface area contributed by atoms with E-state index in [-0.39, 0.29) is 17.7 Å². The van der Waals surface area contributed by atoms with Crippen LogP contribution in [-0.4, -0.2) is 64.0 Å². The summed E-state index contributed by atoms with van der Waals surface area (Å²) in [6, 6.07) is 0. The molecule has 2 aliphatic rings. The highest BCUT2D eigenvalue weighted by molar-refractivity contribution is 7.85. The van der Waals surface area contributed by atoms with Crippen LogP contribution in [0.25, 0.3) is 11.2 Å². The van der Waals surface area contributed by atoms with E-state index in [1.807, 2.05) is 0 Å². The number of nitrogens with one attached hydrogen (secondary N) is 1. The van der Waals surface area contributed by atoms with E-state index in [0.29, 0.717) is 5.65 Å². The first-order valence-electron chi connectivity index (χ1n) is 6.82. The summed E-state index contributed by atoms with van der Waals surface area (Å²) in [5.74, 6) is 0. The number of rotatable bonds is 2. The lowest BCUT2D eigenvalue weighted by molar-refractivity contribution is -0.0617. The second-order valence-corrected chi connectivity index (χ2v) is 6.85. The Morgan fingerprint density at radius 2 is 2.39 bits per heavy atom. The zero-order valence-corrected chi connectivity index (χ0v) is 12.9. The van der Waals surface area contributed by atoms with Crippen LogP contribution in [0, 0.1) is 0 Å². The number of aromatic nitrogens is 4. The van der Waals surface area contributed by atoms with Crippen LogP contribution in [0.3, 0.4) is 0 Å². The van der Waals surface area contributed by atoms with E-state index in [2.05, 4.69) is 15.0 Å². The van der Waals surface area contributed by atoms with Crippen molar-refractivity contribution in [2.75, 3.05) is 13.7 Å². The lowest BCUT2D eigenvalue weighted by Gasteiger charge is -2.29. The first-order chi connectivity index (χ1) is 11.0. The molecule has 0 aromatic carbocycles. The maximum absolute atomic E-state index is 11.8. The van der Waals surface area contributed by atoms with Crippen LogP contribution in [0.5, 0.6) is 0 Å². The van der Waals surface area contributed by atoms with Crippen LogP contribution in [0.2, 0.25) is 0 Å². The van der Waals surface area contributed by atoms with Gasteiger partial charge in [0.15, 0.2) is 23.5 Å². The van der Waals surface area contributed by atoms with Gasteiger partial charge in [-0.3, -0.25) is 9.36 Å². The van der Waals surface area contributed by atoms with Crippen LogP contribution in [0.4, 0.5) is 0 Å². The van der Waals surface area contributed by atoms with Crippen molar-refractivity contribution in [3.05, 3.63) is 23.0 Å². The van der Waals surface area contributed by atoms with Crippen LogP contribution >= 0.6 is 7.82 Å². The first-order valence-corrected chi connectivity index (χ1v) is 8.46. The third-order valence-corrected chi connectivity index (χ3v) is 4.96. The Kier molecular flexibility index (Phi) is 3.52. The van der Waals surface area contributed by atoms with Crippen molar-refractivity contribution in [2.24, 2.45) is 0 Å². The van der Waals surface area contributed by atoms with Crippen molar-refractivity contribution < 1.29 is 23.4 Å². The van der Waals surface area contributed by atoms with E-state index in [9.17, 15) is 9.69 Å². The molecule has 0 aliphatic carbocycles. The van der Waals surface area contributed by atoms with Gasteiger partial charge < -0.3 is 14.5 Å². The molecule has 0 spiro atoms. The van der Waals surface area contributed by atoms with Crippen LogP contribution < -0.4 is 5.56 Å². The van der Waals surface area contributed by atoms with Crippen molar-refractivity contribution in [2.45, 2.75) is 24.5 Å². The lowest BCUT2D eigenvalue weighted by atomic mass is 10.1. The predicted molar refractivity (Wildman–Crippen MR) is 78.6 cm³/mol. The molecule has 2 aliphatic heterocycles. The minimum absolute atomic E-state index is 0.0858. The van der Waals surface area contributed by atoms with E-state index in [1.165, 1.54) is 19.8 Å². The fourth-order valence-electron chi connectivity index (χ4n) is 2.88. The third kappa shape index (κ3) is 2.40. The molecule has 2 aromatic heterocycles. The van der Waals surface area contributed by atoms with Crippen molar-refractivity contribution in [1.82, 2.24) is 19.5 Å². The molecule has 2 radical (unpaired) electrons. The van der Waals surface area contributed by atoms with E-state index in [0.717, 1.165) is 0 Å². The van der Waals surface area contributed by atoms with Gasteiger partial charge in [-0.1, -0.05) is 0 Å². The Morgan fingerprint density at radius 3 is 3.17 bits per heavy atom. The van der Waals surface area contributed by atoms with Gasteiger partial charge in [-0.05, 0) is 0 Å². The summed E-state index contributed by atoms with van der Waals surface area (Å²) in [6.45, 7) is 0.0858. The van der Waals surface area contributed by atoms with E-state index < -0.39 is 32.4 Å². The number of nitrogens with zero attached hydrogens (tertiary/aromatic N) is 3. The summed E-state index contributed by atoms with van der Waals surface area (Å²) in [7, 11) is 3.68. The Labute approximate surface area is 131 Å². The molecular weight excluding hydrogens is 326 g/mol. The SMILES string of the molecule is [B][P+]1(O)OC[C@H]2O[C@@H](n3cnc4c(=O)[nH]cnc43)C(OC)[C@H]2O1. The topological polar surface area (TPSA) is 121 Å². The molecule has 10 nitrogen and oxygen atoms in total. The van der Waals surface area contributed by atoms with Crippen LogP contribution in [0.15, 0.2) is 17.4 Å². The molecular formula is C11H13BN4O6P+. The standard InChI is InChI=1S/C11H13BN4O6P/c1-19-8-7-5(2-20-23(12,18)22-7)21-11(8)16-4-15-6-9(16)13-3-14-10(6)17/h3-5,7-8,11,18H,2H2,1H3,(H,13,14,17)/q+1/t5-,7+,8?,11-,23?/m1/s1. The molecule has 120 valence electrons. The third-order valence-electron chi connectivity index (χ3n) is 3.89. The fourth-order valence-corrected chi connectivity index (χ4v) is 3.90. The number of hydrogen-bond acceptors (Lipinski definition) is 8. The molecule has 2 N–H and O–H groups in total. The van der Waals surface area contributed by atoms with Crippen molar-refractivity contribution in [1.29, 1.82) is 0 Å². The smallest absolute Gasteiger partial charge is 0.374 e. The molecule has 2 saturated heterocycles. The summed E-state index contributed by atoms with van der Waals surface area (Å²) in [6.07, 6.45) is 0.463. The molecule has 0 saturated carbocycles. The van der Waals surface area contributed by atoms with Gasteiger partial charge in [0, 0.05) is 7.11 Å². The fraction of sp³-hybridized carbons (Fsp3) is 0.545. The highest BCUT2D eigenvalue weighted by atomic mass is 31.2. The average molecular weight is 339 g/mol. The van der Waals surface area contributed by atoms with Crippen molar-refractivity contribution in [3.8, 4) is 0 Å². The molecule has 2 aromatic rings. The summed E-state index contributed by atoms with van der Waals surface area (Å²) in [4.78, 5) is 32.2. The first kappa shape index (κ1) is 15.2. The van der Waals surface area contributed by atoms with Crippen LogP contribution in [-0.2, 0) is 18.5 Å². The van der Waals surface area contributed by atoms with Gasteiger partial charge in [0.1, 0.15) is 18.8 Å². The average Bonchev–Trinajstić information content (AvgIpc) is 3.07. The quantitative estimate of drug-likeness (QED) is 0.544. The lowest BCUT2D eigenvalue weighted by Crippen LogP contribution is -2.41. The number of methoxy groups -OCH3 is 1. The number of aromatic amines is 1. The van der Waals surface area contributed by atoms with Gasteiger partial charge in [0.25, 0.3) is 5.56 Å². The molecule has 12 heteroatoms. The summed E-state index contributed by atoms with van der Waals surface area (Å²) >= 11 is 0. The maximum atomic E-state index is 11.8. The maximum Gasteiger partial charge on any atom is 0.488 e. The highest BCUT2D eigenvalue weighted by Crippen LogP contribution is 2.58. The van der Waals surface area contributed by atoms with Gasteiger partial charge in [-0.25, -0.2) is 14.9 Å². The number of fused-ring (bicyclic) bond motifs is 2. The number of hydrogen-bond donors (Lipinski definition) is 2. The summed E-state index contributed by atoms with van der Waals surface area (Å²) in [5, 5.41) is 0. The Balaban J connectivity index is 1.74. The molecule has 0 bridgehead atoms. The monoisotopic (exact) mass is 339 g/mol. The molecule has 0 amide bonds. The second-order valence-electron chi connectivity index (χ2n) is 5.25. The summed E-state index contributed by atoms with van der Waals surface area (Å²) in [5.41, 5.74) is 0.207. The molecule has 5 atom stereocenters. The number of ether oxygens (including phenoxy) is 2. The van der Waals surface area contributed by atoms with Crippen LogP contribution in [0.1, 0.15) is 6.23 Å². The second kappa shape index (κ2) is 5.33. The molecule has 4 heterocycles. The van der Waals surface area contributed by atoms with E-state index in [1.54, 1.807) is 4.57 Å². The number of imidazole rings is 1.